The van der Waals surface area contributed by atoms with Crippen molar-refractivity contribution in [3.63, 3.8) is 0 Å². The molecule has 0 aromatic heterocycles. The minimum Gasteiger partial charge on any atom is -0.388 e. The third-order valence-electron chi connectivity index (χ3n) is 3.18. The third-order valence-corrected chi connectivity index (χ3v) is 3.18. The fourth-order valence-electron chi connectivity index (χ4n) is 1.75. The molecule has 2 atom stereocenters. The lowest BCUT2D eigenvalue weighted by atomic mass is 9.81. The van der Waals surface area contributed by atoms with Gasteiger partial charge in [0.05, 0.1) is 5.60 Å². The van der Waals surface area contributed by atoms with Crippen LogP contribution in [0.4, 0.5) is 0 Å². The predicted molar refractivity (Wildman–Crippen MR) is 51.1 cm³/mol. The molecule has 0 radical (unpaired) electrons. The Morgan fingerprint density at radius 2 is 2.08 bits per heavy atom. The number of aliphatic hydroxyl groups is 1. The van der Waals surface area contributed by atoms with E-state index in [1.165, 1.54) is 12.8 Å². The van der Waals surface area contributed by atoms with E-state index in [1.54, 1.807) is 0 Å². The maximum Gasteiger partial charge on any atom is 0.0794 e. The van der Waals surface area contributed by atoms with Crippen LogP contribution in [0.25, 0.3) is 0 Å². The van der Waals surface area contributed by atoms with Crippen LogP contribution >= 0.6 is 0 Å². The largest absolute Gasteiger partial charge is 0.388 e. The predicted octanol–water partition coefficient (Wildman–Crippen LogP) is 1.54. The van der Waals surface area contributed by atoms with Crippen LogP contribution in [-0.2, 0) is 0 Å². The Kier molecular flexibility index (Phi) is 3.13. The molecular weight excluding hydrogens is 150 g/mol. The molecule has 1 saturated heterocycles. The first-order valence-corrected chi connectivity index (χ1v) is 5.01. The minimum atomic E-state index is -0.541. The van der Waals surface area contributed by atoms with Crippen LogP contribution in [-0.4, -0.2) is 23.3 Å². The summed E-state index contributed by atoms with van der Waals surface area (Å²) in [5.41, 5.74) is -0.541. The first kappa shape index (κ1) is 10.0. The molecule has 2 unspecified atom stereocenters. The van der Waals surface area contributed by atoms with Gasteiger partial charge in [-0.25, -0.2) is 0 Å². The molecule has 2 N–H and O–H groups in total. The van der Waals surface area contributed by atoms with Crippen LogP contribution in [0.3, 0.4) is 0 Å². The molecule has 0 saturated carbocycles. The Morgan fingerprint density at radius 3 is 2.50 bits per heavy atom. The summed E-state index contributed by atoms with van der Waals surface area (Å²) in [7, 11) is 0. The van der Waals surface area contributed by atoms with Crippen LogP contribution in [0.5, 0.6) is 0 Å². The summed E-state index contributed by atoms with van der Waals surface area (Å²) in [5.74, 6) is 0.327. The van der Waals surface area contributed by atoms with Gasteiger partial charge in [0.2, 0.25) is 0 Å². The van der Waals surface area contributed by atoms with Gasteiger partial charge >= 0.3 is 0 Å². The average molecular weight is 171 g/mol. The second-order valence-electron chi connectivity index (χ2n) is 4.38. The summed E-state index contributed by atoms with van der Waals surface area (Å²) in [6.45, 7) is 7.17. The molecule has 0 spiro atoms. The van der Waals surface area contributed by atoms with Crippen LogP contribution < -0.4 is 5.32 Å². The second-order valence-corrected chi connectivity index (χ2v) is 4.38. The van der Waals surface area contributed by atoms with Gasteiger partial charge in [-0.05, 0) is 32.2 Å². The SMILES string of the molecule is CC(C)C(C)(O)C1CCCCN1. The average Bonchev–Trinajstić information content (AvgIpc) is 2.06. The zero-order chi connectivity index (χ0) is 9.19. The van der Waals surface area contributed by atoms with Gasteiger partial charge in [0, 0.05) is 6.04 Å². The van der Waals surface area contributed by atoms with Crippen LogP contribution in [0.2, 0.25) is 0 Å². The van der Waals surface area contributed by atoms with Crippen LogP contribution in [0.15, 0.2) is 0 Å². The molecule has 0 aliphatic carbocycles. The van der Waals surface area contributed by atoms with E-state index in [0.29, 0.717) is 12.0 Å². The smallest absolute Gasteiger partial charge is 0.0794 e. The lowest BCUT2D eigenvalue weighted by Crippen LogP contribution is -2.53. The van der Waals surface area contributed by atoms with E-state index in [0.717, 1.165) is 13.0 Å². The molecule has 12 heavy (non-hydrogen) atoms. The number of rotatable bonds is 2. The standard InChI is InChI=1S/C10H21NO/c1-8(2)10(3,12)9-6-4-5-7-11-9/h8-9,11-12H,4-7H2,1-3H3. The van der Waals surface area contributed by atoms with E-state index in [2.05, 4.69) is 19.2 Å². The first-order valence-electron chi connectivity index (χ1n) is 5.01. The van der Waals surface area contributed by atoms with Gasteiger partial charge < -0.3 is 10.4 Å². The molecule has 0 amide bonds. The van der Waals surface area contributed by atoms with Crippen molar-refractivity contribution in [1.82, 2.24) is 5.32 Å². The molecule has 0 bridgehead atoms. The highest BCUT2D eigenvalue weighted by molar-refractivity contribution is 4.91. The summed E-state index contributed by atoms with van der Waals surface area (Å²) >= 11 is 0. The van der Waals surface area contributed by atoms with E-state index in [1.807, 2.05) is 6.92 Å². The van der Waals surface area contributed by atoms with Gasteiger partial charge in [0.15, 0.2) is 0 Å². The van der Waals surface area contributed by atoms with Gasteiger partial charge in [0.25, 0.3) is 0 Å². The highest BCUT2D eigenvalue weighted by Gasteiger charge is 2.35. The Morgan fingerprint density at radius 1 is 1.42 bits per heavy atom. The number of hydrogen-bond donors (Lipinski definition) is 2. The number of hydrogen-bond acceptors (Lipinski definition) is 2. The molecule has 0 aromatic carbocycles. The molecule has 2 nitrogen and oxygen atoms in total. The van der Waals surface area contributed by atoms with Crippen molar-refractivity contribution in [2.24, 2.45) is 5.92 Å². The molecule has 1 rings (SSSR count). The summed E-state index contributed by atoms with van der Waals surface area (Å²) < 4.78 is 0. The van der Waals surface area contributed by atoms with Gasteiger partial charge in [-0.1, -0.05) is 20.3 Å². The lowest BCUT2D eigenvalue weighted by molar-refractivity contribution is -0.0299. The van der Waals surface area contributed by atoms with Crippen molar-refractivity contribution in [2.75, 3.05) is 6.54 Å². The van der Waals surface area contributed by atoms with E-state index >= 15 is 0 Å². The Balaban J connectivity index is 2.53. The van der Waals surface area contributed by atoms with Crippen molar-refractivity contribution in [2.45, 2.75) is 51.7 Å². The molecule has 72 valence electrons. The van der Waals surface area contributed by atoms with Gasteiger partial charge in [-0.2, -0.15) is 0 Å². The van der Waals surface area contributed by atoms with E-state index < -0.39 is 5.60 Å². The highest BCUT2D eigenvalue weighted by atomic mass is 16.3. The maximum atomic E-state index is 10.2. The quantitative estimate of drug-likeness (QED) is 0.660. The van der Waals surface area contributed by atoms with Crippen molar-refractivity contribution in [1.29, 1.82) is 0 Å². The van der Waals surface area contributed by atoms with Crippen LogP contribution in [0, 0.1) is 5.92 Å². The topological polar surface area (TPSA) is 32.3 Å². The van der Waals surface area contributed by atoms with Gasteiger partial charge in [0.1, 0.15) is 0 Å². The second kappa shape index (κ2) is 3.75. The molecular formula is C10H21NO. The minimum absolute atomic E-state index is 0.297. The van der Waals surface area contributed by atoms with E-state index in [4.69, 9.17) is 0 Å². The normalized spacial score (nSPS) is 30.2. The lowest BCUT2D eigenvalue weighted by Gasteiger charge is -2.39. The number of nitrogens with one attached hydrogen (secondary N) is 1. The van der Waals surface area contributed by atoms with E-state index in [-0.39, 0.29) is 0 Å². The summed E-state index contributed by atoms with van der Waals surface area (Å²) in [6, 6.07) is 0.297. The fraction of sp³-hybridized carbons (Fsp3) is 1.00. The Bertz CT molecular complexity index is 137. The molecule has 2 heteroatoms. The number of piperidine rings is 1. The maximum absolute atomic E-state index is 10.2. The molecule has 0 aromatic rings. The Hall–Kier alpha value is -0.0800. The molecule has 1 heterocycles. The zero-order valence-corrected chi connectivity index (χ0v) is 8.43. The van der Waals surface area contributed by atoms with Crippen molar-refractivity contribution in [3.05, 3.63) is 0 Å². The highest BCUT2D eigenvalue weighted by Crippen LogP contribution is 2.25. The van der Waals surface area contributed by atoms with Crippen molar-refractivity contribution >= 4 is 0 Å². The van der Waals surface area contributed by atoms with Crippen LogP contribution in [0.1, 0.15) is 40.0 Å². The summed E-state index contributed by atoms with van der Waals surface area (Å²) in [4.78, 5) is 0. The summed E-state index contributed by atoms with van der Waals surface area (Å²) in [5, 5.41) is 13.5. The molecule has 1 fully saturated rings. The fourth-order valence-corrected chi connectivity index (χ4v) is 1.75. The van der Waals surface area contributed by atoms with Crippen molar-refractivity contribution < 1.29 is 5.11 Å². The third kappa shape index (κ3) is 1.99. The van der Waals surface area contributed by atoms with Gasteiger partial charge in [-0.3, -0.25) is 0 Å². The monoisotopic (exact) mass is 171 g/mol. The first-order chi connectivity index (χ1) is 5.55. The van der Waals surface area contributed by atoms with E-state index in [9.17, 15) is 5.11 Å². The molecule has 1 aliphatic heterocycles. The Labute approximate surface area is 75.4 Å². The molecule has 1 aliphatic rings. The van der Waals surface area contributed by atoms with Crippen molar-refractivity contribution in [3.8, 4) is 0 Å². The van der Waals surface area contributed by atoms with Gasteiger partial charge in [-0.15, -0.1) is 0 Å². The zero-order valence-electron chi connectivity index (χ0n) is 8.43. The summed E-state index contributed by atoms with van der Waals surface area (Å²) in [6.07, 6.45) is 3.62.